The fraction of sp³-hybridized carbons (Fsp3) is 0.385. The summed E-state index contributed by atoms with van der Waals surface area (Å²) < 4.78 is 18.9. The van der Waals surface area contributed by atoms with Crippen molar-refractivity contribution in [3.8, 4) is 5.75 Å². The van der Waals surface area contributed by atoms with E-state index in [2.05, 4.69) is 27.2 Å². The molecule has 0 aliphatic rings. The number of hydrogen-bond donors (Lipinski definition) is 0. The second kappa shape index (κ2) is 5.66. The zero-order valence-electron chi connectivity index (χ0n) is 10.1. The maximum absolute atomic E-state index is 12.6. The molecule has 3 heteroatoms. The zero-order chi connectivity index (χ0) is 12.0. The fourth-order valence-electron chi connectivity index (χ4n) is 1.11. The quantitative estimate of drug-likeness (QED) is 0.699. The first-order chi connectivity index (χ1) is 7.53. The summed E-state index contributed by atoms with van der Waals surface area (Å²) in [5, 5.41) is 0. The van der Waals surface area contributed by atoms with Crippen LogP contribution in [-0.2, 0) is 0 Å². The average molecular weight is 224 g/mol. The van der Waals surface area contributed by atoms with Crippen LogP contribution in [0.2, 0.25) is 0 Å². The van der Waals surface area contributed by atoms with Crippen LogP contribution in [0.4, 0.5) is 4.39 Å². The smallest absolute Gasteiger partial charge is 0.123 e. The van der Waals surface area contributed by atoms with Crippen LogP contribution in [0, 0.1) is 5.82 Å². The summed E-state index contributed by atoms with van der Waals surface area (Å²) in [5.74, 6) is 0.444. The van der Waals surface area contributed by atoms with Gasteiger partial charge in [-0.05, 0) is 31.2 Å². The van der Waals surface area contributed by atoms with Gasteiger partial charge >= 0.3 is 0 Å². The van der Waals surface area contributed by atoms with Gasteiger partial charge < -0.3 is 9.22 Å². The zero-order valence-corrected chi connectivity index (χ0v) is 10.1. The number of rotatable bonds is 5. The van der Waals surface area contributed by atoms with Gasteiger partial charge in [0.05, 0.1) is 26.8 Å². The minimum absolute atomic E-state index is 0.244. The van der Waals surface area contributed by atoms with E-state index in [0.717, 1.165) is 11.0 Å². The molecule has 1 aromatic carbocycles. The molecule has 88 valence electrons. The molecule has 0 fully saturated rings. The molecular formula is C13H19FNO+. The van der Waals surface area contributed by atoms with Crippen LogP contribution < -0.4 is 4.74 Å². The second-order valence-electron chi connectivity index (χ2n) is 4.24. The number of ether oxygens (including phenoxy) is 1. The average Bonchev–Trinajstić information content (AvgIpc) is 2.27. The molecule has 1 rings (SSSR count). The van der Waals surface area contributed by atoms with E-state index in [1.165, 1.54) is 12.1 Å². The number of nitrogens with zero attached hydrogens (tertiary/aromatic N) is 1. The molecule has 0 amide bonds. The molecule has 0 bridgehead atoms. The Bertz CT molecular complexity index is 343. The summed E-state index contributed by atoms with van der Waals surface area (Å²) in [6.07, 6.45) is 4.07. The van der Waals surface area contributed by atoms with E-state index in [0.29, 0.717) is 12.4 Å². The Kier molecular flexibility index (Phi) is 4.50. The van der Waals surface area contributed by atoms with Gasteiger partial charge in [0.1, 0.15) is 18.2 Å². The molecule has 0 N–H and O–H groups in total. The van der Waals surface area contributed by atoms with Crippen molar-refractivity contribution in [3.63, 3.8) is 0 Å². The highest BCUT2D eigenvalue weighted by molar-refractivity contribution is 5.22. The lowest BCUT2D eigenvalue weighted by molar-refractivity contribution is -0.836. The fourth-order valence-corrected chi connectivity index (χ4v) is 1.11. The Morgan fingerprint density at radius 1 is 1.25 bits per heavy atom. The molecule has 0 spiro atoms. The topological polar surface area (TPSA) is 9.23 Å². The lowest BCUT2D eigenvalue weighted by atomic mass is 10.3. The van der Waals surface area contributed by atoms with E-state index in [4.69, 9.17) is 4.74 Å². The third-order valence-corrected chi connectivity index (χ3v) is 2.48. The van der Waals surface area contributed by atoms with Gasteiger partial charge in [-0.15, -0.1) is 0 Å². The Morgan fingerprint density at radius 2 is 1.88 bits per heavy atom. The second-order valence-corrected chi connectivity index (χ2v) is 4.24. The van der Waals surface area contributed by atoms with Crippen molar-refractivity contribution < 1.29 is 13.6 Å². The van der Waals surface area contributed by atoms with Crippen LogP contribution in [-0.4, -0.2) is 31.7 Å². The van der Waals surface area contributed by atoms with Gasteiger partial charge in [0.2, 0.25) is 0 Å². The Morgan fingerprint density at radius 3 is 2.44 bits per heavy atom. The van der Waals surface area contributed by atoms with E-state index in [-0.39, 0.29) is 5.82 Å². The molecule has 0 saturated heterocycles. The van der Waals surface area contributed by atoms with Crippen molar-refractivity contribution in [2.45, 2.75) is 6.92 Å². The van der Waals surface area contributed by atoms with Crippen LogP contribution in [0.15, 0.2) is 36.5 Å². The monoisotopic (exact) mass is 224 g/mol. The molecule has 0 aliphatic heterocycles. The lowest BCUT2D eigenvalue weighted by Crippen LogP contribution is -2.32. The molecule has 16 heavy (non-hydrogen) atoms. The van der Waals surface area contributed by atoms with Crippen LogP contribution in [0.3, 0.4) is 0 Å². The summed E-state index contributed by atoms with van der Waals surface area (Å²) >= 11 is 0. The van der Waals surface area contributed by atoms with Gasteiger partial charge in [0.15, 0.2) is 0 Å². The first-order valence-corrected chi connectivity index (χ1v) is 5.42. The normalized spacial score (nSPS) is 12.0. The standard InChI is InChI=1S/C13H19FNO/c1-4-15(2,3)10-5-11-16-13-8-6-12(14)7-9-13/h5-10H,4,11H2,1-3H3/q+1/b10-5+. The first kappa shape index (κ1) is 12.7. The van der Waals surface area contributed by atoms with Crippen LogP contribution in [0.1, 0.15) is 6.92 Å². The minimum atomic E-state index is -0.244. The van der Waals surface area contributed by atoms with Gasteiger partial charge in [-0.25, -0.2) is 4.39 Å². The van der Waals surface area contributed by atoms with Crippen molar-refractivity contribution in [2.24, 2.45) is 0 Å². The first-order valence-electron chi connectivity index (χ1n) is 5.42. The molecule has 0 heterocycles. The summed E-state index contributed by atoms with van der Waals surface area (Å²) in [5.41, 5.74) is 0. The predicted octanol–water partition coefficient (Wildman–Crippen LogP) is 2.81. The van der Waals surface area contributed by atoms with Gasteiger partial charge in [-0.1, -0.05) is 0 Å². The van der Waals surface area contributed by atoms with E-state index in [1.807, 2.05) is 6.08 Å². The van der Waals surface area contributed by atoms with Crippen LogP contribution in [0.25, 0.3) is 0 Å². The molecule has 0 atom stereocenters. The molecular weight excluding hydrogens is 205 g/mol. The molecule has 2 nitrogen and oxygen atoms in total. The van der Waals surface area contributed by atoms with E-state index >= 15 is 0 Å². The van der Waals surface area contributed by atoms with Crippen molar-refractivity contribution in [1.82, 2.24) is 0 Å². The highest BCUT2D eigenvalue weighted by Crippen LogP contribution is 2.10. The molecule has 0 aromatic heterocycles. The third kappa shape index (κ3) is 4.45. The third-order valence-electron chi connectivity index (χ3n) is 2.48. The highest BCUT2D eigenvalue weighted by atomic mass is 19.1. The Labute approximate surface area is 96.5 Å². The maximum Gasteiger partial charge on any atom is 0.123 e. The van der Waals surface area contributed by atoms with Crippen molar-refractivity contribution in [1.29, 1.82) is 0 Å². The summed E-state index contributed by atoms with van der Waals surface area (Å²) in [6.45, 7) is 3.67. The van der Waals surface area contributed by atoms with Crippen LogP contribution >= 0.6 is 0 Å². The SMILES string of the molecule is CC[N+](C)(C)/C=C/COc1ccc(F)cc1. The number of benzene rings is 1. The Balaban J connectivity index is 2.39. The number of quaternary nitrogens is 1. The minimum Gasteiger partial charge on any atom is -0.489 e. The maximum atomic E-state index is 12.6. The lowest BCUT2D eigenvalue weighted by Gasteiger charge is -2.22. The molecule has 0 unspecified atom stereocenters. The predicted molar refractivity (Wildman–Crippen MR) is 63.7 cm³/mol. The Hall–Kier alpha value is -1.35. The van der Waals surface area contributed by atoms with Gasteiger partial charge in [0.25, 0.3) is 0 Å². The molecule has 0 aliphatic carbocycles. The summed E-state index contributed by atoms with van der Waals surface area (Å²) in [4.78, 5) is 0. The summed E-state index contributed by atoms with van der Waals surface area (Å²) in [7, 11) is 4.24. The molecule has 0 saturated carbocycles. The van der Waals surface area contributed by atoms with Gasteiger partial charge in [-0.2, -0.15) is 0 Å². The van der Waals surface area contributed by atoms with Crippen LogP contribution in [0.5, 0.6) is 5.75 Å². The van der Waals surface area contributed by atoms with Gasteiger partial charge in [0, 0.05) is 6.08 Å². The van der Waals surface area contributed by atoms with E-state index in [9.17, 15) is 4.39 Å². The van der Waals surface area contributed by atoms with E-state index < -0.39 is 0 Å². The molecule has 1 aromatic rings. The number of hydrogen-bond acceptors (Lipinski definition) is 1. The largest absolute Gasteiger partial charge is 0.489 e. The highest BCUT2D eigenvalue weighted by Gasteiger charge is 2.05. The van der Waals surface area contributed by atoms with E-state index in [1.54, 1.807) is 12.1 Å². The molecule has 0 radical (unpaired) electrons. The van der Waals surface area contributed by atoms with Crippen molar-refractivity contribution in [2.75, 3.05) is 27.2 Å². The summed E-state index contributed by atoms with van der Waals surface area (Å²) in [6, 6.07) is 6.04. The van der Waals surface area contributed by atoms with Gasteiger partial charge in [-0.3, -0.25) is 0 Å². The van der Waals surface area contributed by atoms with Crippen molar-refractivity contribution >= 4 is 0 Å². The van der Waals surface area contributed by atoms with Crippen molar-refractivity contribution in [3.05, 3.63) is 42.4 Å². The number of halogens is 1.